The number of anilines is 1. The number of ether oxygens (including phenoxy) is 1. The lowest BCUT2D eigenvalue weighted by atomic mass is 10.1. The molecule has 0 saturated heterocycles. The molecule has 146 valence electrons. The first-order valence-corrected chi connectivity index (χ1v) is 9.82. The molecule has 7 nitrogen and oxygen atoms in total. The van der Waals surface area contributed by atoms with E-state index in [4.69, 9.17) is 4.74 Å². The molecule has 1 aliphatic heterocycles. The van der Waals surface area contributed by atoms with Crippen LogP contribution in [0.2, 0.25) is 0 Å². The number of carbonyl (C=O) groups excluding carboxylic acids is 1. The molecule has 1 saturated carbocycles. The van der Waals surface area contributed by atoms with Gasteiger partial charge in [0.05, 0.1) is 25.4 Å². The number of aromatic amines is 1. The number of amides is 1. The number of nitrogens with zero attached hydrogens (tertiary/aromatic N) is 3. The van der Waals surface area contributed by atoms with Crippen molar-refractivity contribution in [2.75, 3.05) is 32.1 Å². The summed E-state index contributed by atoms with van der Waals surface area (Å²) in [4.78, 5) is 18.1. The van der Waals surface area contributed by atoms with Crippen molar-refractivity contribution in [1.29, 1.82) is 0 Å². The molecule has 3 aromatic rings. The fourth-order valence-corrected chi connectivity index (χ4v) is 4.02. The summed E-state index contributed by atoms with van der Waals surface area (Å²) in [5.74, 6) is 0.924. The molecule has 0 bridgehead atoms. The number of benzene rings is 1. The zero-order valence-electron chi connectivity index (χ0n) is 16.1. The van der Waals surface area contributed by atoms with Gasteiger partial charge in [-0.25, -0.2) is 0 Å². The number of H-pyrrole nitrogens is 1. The van der Waals surface area contributed by atoms with Gasteiger partial charge in [0.15, 0.2) is 0 Å². The summed E-state index contributed by atoms with van der Waals surface area (Å²) < 4.78 is 7.34. The SMILES string of the molecule is COCC1(CNc2cc3n(n2)CCN(C(=O)c2cc4ccccc4[nH]2)C3)CC1. The molecule has 2 N–H and O–H groups in total. The van der Waals surface area contributed by atoms with Crippen molar-refractivity contribution in [2.45, 2.75) is 25.9 Å². The minimum Gasteiger partial charge on any atom is -0.384 e. The number of aromatic nitrogens is 3. The van der Waals surface area contributed by atoms with E-state index in [1.807, 2.05) is 39.9 Å². The number of para-hydroxylation sites is 1. The average Bonchev–Trinajstić information content (AvgIpc) is 3.16. The first-order chi connectivity index (χ1) is 13.7. The molecular formula is C21H25N5O2. The Morgan fingerprint density at radius 1 is 1.29 bits per heavy atom. The normalized spacial score (nSPS) is 17.5. The van der Waals surface area contributed by atoms with E-state index in [0.717, 1.165) is 35.6 Å². The van der Waals surface area contributed by atoms with Gasteiger partial charge in [-0.2, -0.15) is 5.10 Å². The van der Waals surface area contributed by atoms with Gasteiger partial charge in [0, 0.05) is 42.6 Å². The summed E-state index contributed by atoms with van der Waals surface area (Å²) in [7, 11) is 1.76. The van der Waals surface area contributed by atoms with Crippen molar-refractivity contribution in [1.82, 2.24) is 19.7 Å². The van der Waals surface area contributed by atoms with Crippen LogP contribution in [-0.4, -0.2) is 52.4 Å². The summed E-state index contributed by atoms with van der Waals surface area (Å²) in [5, 5.41) is 9.18. The minimum absolute atomic E-state index is 0.0372. The Labute approximate surface area is 163 Å². The number of rotatable bonds is 6. The van der Waals surface area contributed by atoms with Crippen molar-refractivity contribution in [3.63, 3.8) is 0 Å². The zero-order chi connectivity index (χ0) is 19.1. The highest BCUT2D eigenvalue weighted by atomic mass is 16.5. The molecule has 3 heterocycles. The van der Waals surface area contributed by atoms with Crippen LogP contribution in [-0.2, 0) is 17.8 Å². The van der Waals surface area contributed by atoms with Gasteiger partial charge in [-0.15, -0.1) is 0 Å². The maximum absolute atomic E-state index is 13.0. The Balaban J connectivity index is 1.27. The zero-order valence-corrected chi connectivity index (χ0v) is 16.1. The maximum Gasteiger partial charge on any atom is 0.270 e. The van der Waals surface area contributed by atoms with Crippen molar-refractivity contribution < 1.29 is 9.53 Å². The van der Waals surface area contributed by atoms with Gasteiger partial charge >= 0.3 is 0 Å². The van der Waals surface area contributed by atoms with Gasteiger partial charge in [-0.05, 0) is 25.0 Å². The Hall–Kier alpha value is -2.80. The van der Waals surface area contributed by atoms with Crippen molar-refractivity contribution >= 4 is 22.6 Å². The van der Waals surface area contributed by atoms with Crippen LogP contribution in [0.4, 0.5) is 5.82 Å². The summed E-state index contributed by atoms with van der Waals surface area (Å²) in [6.45, 7) is 3.63. The third-order valence-corrected chi connectivity index (χ3v) is 5.90. The smallest absolute Gasteiger partial charge is 0.270 e. The molecule has 0 unspecified atom stereocenters. The second kappa shape index (κ2) is 6.67. The number of hydrogen-bond acceptors (Lipinski definition) is 4. The van der Waals surface area contributed by atoms with Gasteiger partial charge in [-0.3, -0.25) is 9.48 Å². The van der Waals surface area contributed by atoms with Crippen LogP contribution in [0, 0.1) is 5.41 Å². The monoisotopic (exact) mass is 379 g/mol. The van der Waals surface area contributed by atoms with E-state index in [-0.39, 0.29) is 11.3 Å². The Morgan fingerprint density at radius 2 is 2.14 bits per heavy atom. The number of methoxy groups -OCH3 is 1. The average molecular weight is 379 g/mol. The summed E-state index contributed by atoms with van der Waals surface area (Å²) in [5.41, 5.74) is 2.97. The summed E-state index contributed by atoms with van der Waals surface area (Å²) in [6.07, 6.45) is 2.41. The largest absolute Gasteiger partial charge is 0.384 e. The Bertz CT molecular complexity index is 984. The third-order valence-electron chi connectivity index (χ3n) is 5.90. The third kappa shape index (κ3) is 3.16. The van der Waals surface area contributed by atoms with Crippen LogP contribution >= 0.6 is 0 Å². The van der Waals surface area contributed by atoms with Crippen LogP contribution in [0.3, 0.4) is 0 Å². The van der Waals surface area contributed by atoms with Crippen molar-refractivity contribution in [2.24, 2.45) is 5.41 Å². The lowest BCUT2D eigenvalue weighted by molar-refractivity contribution is 0.0701. The van der Waals surface area contributed by atoms with E-state index in [1.165, 1.54) is 12.8 Å². The molecule has 5 rings (SSSR count). The predicted octanol–water partition coefficient (Wildman–Crippen LogP) is 2.86. The van der Waals surface area contributed by atoms with E-state index >= 15 is 0 Å². The summed E-state index contributed by atoms with van der Waals surface area (Å²) in [6, 6.07) is 12.0. The lowest BCUT2D eigenvalue weighted by Gasteiger charge is -2.27. The number of fused-ring (bicyclic) bond motifs is 2. The van der Waals surface area contributed by atoms with Crippen LogP contribution in [0.15, 0.2) is 36.4 Å². The van der Waals surface area contributed by atoms with Gasteiger partial charge in [-0.1, -0.05) is 18.2 Å². The standard InChI is InChI=1S/C21H25N5O2/c1-28-14-21(6-7-21)13-22-19-11-16-12-25(8-9-26(16)24-19)20(27)18-10-15-4-2-3-5-17(15)23-18/h2-5,10-11,23H,6-9,12-14H2,1H3,(H,22,24). The van der Waals surface area contributed by atoms with Crippen LogP contribution in [0.25, 0.3) is 10.9 Å². The quantitative estimate of drug-likeness (QED) is 0.691. The molecular weight excluding hydrogens is 354 g/mol. The van der Waals surface area contributed by atoms with E-state index in [9.17, 15) is 4.79 Å². The fraction of sp³-hybridized carbons (Fsp3) is 0.429. The first-order valence-electron chi connectivity index (χ1n) is 9.82. The predicted molar refractivity (Wildman–Crippen MR) is 107 cm³/mol. The molecule has 1 aliphatic carbocycles. The number of nitrogens with one attached hydrogen (secondary N) is 2. The molecule has 0 atom stereocenters. The van der Waals surface area contributed by atoms with Crippen LogP contribution in [0.1, 0.15) is 29.0 Å². The van der Waals surface area contributed by atoms with E-state index in [2.05, 4.69) is 21.5 Å². The highest BCUT2D eigenvalue weighted by Gasteiger charge is 2.42. The highest BCUT2D eigenvalue weighted by Crippen LogP contribution is 2.45. The van der Waals surface area contributed by atoms with Crippen LogP contribution < -0.4 is 5.32 Å². The van der Waals surface area contributed by atoms with Crippen LogP contribution in [0.5, 0.6) is 0 Å². The molecule has 7 heteroatoms. The van der Waals surface area contributed by atoms with E-state index in [1.54, 1.807) is 7.11 Å². The summed E-state index contributed by atoms with van der Waals surface area (Å²) >= 11 is 0. The molecule has 1 amide bonds. The molecule has 0 radical (unpaired) electrons. The molecule has 2 aliphatic rings. The molecule has 0 spiro atoms. The molecule has 2 aromatic heterocycles. The minimum atomic E-state index is 0.0372. The second-order valence-electron chi connectivity index (χ2n) is 8.03. The maximum atomic E-state index is 13.0. The van der Waals surface area contributed by atoms with Crippen molar-refractivity contribution in [3.8, 4) is 0 Å². The first kappa shape index (κ1) is 17.3. The van der Waals surface area contributed by atoms with Gasteiger partial charge in [0.1, 0.15) is 11.5 Å². The van der Waals surface area contributed by atoms with Gasteiger partial charge in [0.2, 0.25) is 0 Å². The van der Waals surface area contributed by atoms with Crippen molar-refractivity contribution in [3.05, 3.63) is 47.8 Å². The molecule has 1 aromatic carbocycles. The van der Waals surface area contributed by atoms with E-state index < -0.39 is 0 Å². The number of hydrogen-bond donors (Lipinski definition) is 2. The molecule has 28 heavy (non-hydrogen) atoms. The Kier molecular flexibility index (Phi) is 4.12. The number of carbonyl (C=O) groups is 1. The highest BCUT2D eigenvalue weighted by molar-refractivity contribution is 5.98. The Morgan fingerprint density at radius 3 is 2.93 bits per heavy atom. The lowest BCUT2D eigenvalue weighted by Crippen LogP contribution is -2.38. The van der Waals surface area contributed by atoms with E-state index in [0.29, 0.717) is 25.3 Å². The van der Waals surface area contributed by atoms with Gasteiger partial charge in [0.25, 0.3) is 5.91 Å². The van der Waals surface area contributed by atoms with Gasteiger partial charge < -0.3 is 19.9 Å². The topological polar surface area (TPSA) is 75.2 Å². The molecule has 1 fully saturated rings. The fourth-order valence-electron chi connectivity index (χ4n) is 4.02. The second-order valence-corrected chi connectivity index (χ2v) is 8.03.